The van der Waals surface area contributed by atoms with Gasteiger partial charge in [0.05, 0.1) is 6.10 Å². The van der Waals surface area contributed by atoms with Gasteiger partial charge in [0.2, 0.25) is 17.8 Å². The van der Waals surface area contributed by atoms with Crippen LogP contribution in [0.1, 0.15) is 26.2 Å². The maximum absolute atomic E-state index is 5.70. The van der Waals surface area contributed by atoms with E-state index in [4.69, 9.17) is 9.72 Å². The number of ether oxygens (including phenoxy) is 1. The van der Waals surface area contributed by atoms with Gasteiger partial charge in [0, 0.05) is 39.8 Å². The first-order valence-corrected chi connectivity index (χ1v) is 7.81. The number of rotatable bonds is 3. The molecule has 0 aliphatic carbocycles. The quantitative estimate of drug-likeness (QED) is 0.895. The van der Waals surface area contributed by atoms with Gasteiger partial charge < -0.3 is 19.9 Å². The minimum atomic E-state index is 0.206. The molecule has 2 aliphatic heterocycles. The van der Waals surface area contributed by atoms with Gasteiger partial charge in [0.1, 0.15) is 0 Å². The average molecular weight is 292 g/mol. The van der Waals surface area contributed by atoms with Crippen molar-refractivity contribution in [2.45, 2.75) is 32.3 Å². The summed E-state index contributed by atoms with van der Waals surface area (Å²) in [5, 5.41) is 3.05. The van der Waals surface area contributed by atoms with Crippen LogP contribution in [0.5, 0.6) is 0 Å². The van der Waals surface area contributed by atoms with E-state index < -0.39 is 0 Å². The first-order chi connectivity index (χ1) is 10.3. The molecule has 3 heterocycles. The predicted octanol–water partition coefficient (Wildman–Crippen LogP) is 1.13. The summed E-state index contributed by atoms with van der Waals surface area (Å²) >= 11 is 0. The van der Waals surface area contributed by atoms with E-state index in [1.807, 2.05) is 7.05 Å². The van der Waals surface area contributed by atoms with Crippen LogP contribution < -0.4 is 15.1 Å². The van der Waals surface area contributed by atoms with Crippen molar-refractivity contribution in [3.8, 4) is 0 Å². The largest absolute Gasteiger partial charge is 0.377 e. The van der Waals surface area contributed by atoms with E-state index in [0.717, 1.165) is 51.1 Å². The molecule has 1 atom stereocenters. The van der Waals surface area contributed by atoms with Crippen molar-refractivity contribution in [3.05, 3.63) is 0 Å². The molecule has 0 amide bonds. The minimum absolute atomic E-state index is 0.206. The average Bonchev–Trinajstić information content (AvgIpc) is 2.96. The van der Waals surface area contributed by atoms with E-state index in [9.17, 15) is 0 Å². The zero-order chi connectivity index (χ0) is 14.7. The second-order valence-corrected chi connectivity index (χ2v) is 5.68. The summed E-state index contributed by atoms with van der Waals surface area (Å²) < 4.78 is 5.70. The second kappa shape index (κ2) is 6.43. The van der Waals surface area contributed by atoms with Gasteiger partial charge in [-0.1, -0.05) is 0 Å². The van der Waals surface area contributed by atoms with Crippen LogP contribution >= 0.6 is 0 Å². The topological polar surface area (TPSA) is 66.4 Å². The van der Waals surface area contributed by atoms with Gasteiger partial charge in [-0.2, -0.15) is 15.0 Å². The van der Waals surface area contributed by atoms with Gasteiger partial charge in [-0.25, -0.2) is 0 Å². The molecule has 1 unspecified atom stereocenters. The summed E-state index contributed by atoms with van der Waals surface area (Å²) in [4.78, 5) is 18.2. The molecule has 1 N–H and O–H groups in total. The van der Waals surface area contributed by atoms with Crippen LogP contribution in [0.4, 0.5) is 17.8 Å². The van der Waals surface area contributed by atoms with E-state index >= 15 is 0 Å². The van der Waals surface area contributed by atoms with Gasteiger partial charge >= 0.3 is 0 Å². The van der Waals surface area contributed by atoms with Crippen molar-refractivity contribution < 1.29 is 4.74 Å². The zero-order valence-corrected chi connectivity index (χ0v) is 12.9. The maximum atomic E-state index is 5.70. The van der Waals surface area contributed by atoms with Crippen molar-refractivity contribution >= 4 is 17.8 Å². The number of nitrogens with zero attached hydrogens (tertiary/aromatic N) is 5. The van der Waals surface area contributed by atoms with Gasteiger partial charge in [0.25, 0.3) is 0 Å². The third-order valence-corrected chi connectivity index (χ3v) is 3.96. The van der Waals surface area contributed by atoms with Crippen LogP contribution in [0.15, 0.2) is 0 Å². The molecule has 21 heavy (non-hydrogen) atoms. The van der Waals surface area contributed by atoms with Crippen molar-refractivity contribution in [2.24, 2.45) is 0 Å². The Morgan fingerprint density at radius 3 is 2.38 bits per heavy atom. The fourth-order valence-corrected chi connectivity index (χ4v) is 2.84. The fourth-order valence-electron chi connectivity index (χ4n) is 2.84. The molecule has 0 aromatic carbocycles. The third-order valence-electron chi connectivity index (χ3n) is 3.96. The highest BCUT2D eigenvalue weighted by molar-refractivity contribution is 5.45. The summed E-state index contributed by atoms with van der Waals surface area (Å²) in [7, 11) is 1.85. The predicted molar refractivity (Wildman–Crippen MR) is 83.1 cm³/mol. The highest BCUT2D eigenvalue weighted by atomic mass is 16.5. The summed E-state index contributed by atoms with van der Waals surface area (Å²) in [5.74, 6) is 2.19. The molecule has 0 radical (unpaired) electrons. The molecule has 7 heteroatoms. The van der Waals surface area contributed by atoms with Crippen molar-refractivity contribution in [1.29, 1.82) is 0 Å². The first kappa shape index (κ1) is 14.3. The van der Waals surface area contributed by atoms with Gasteiger partial charge in [0.15, 0.2) is 0 Å². The van der Waals surface area contributed by atoms with Crippen molar-refractivity contribution in [2.75, 3.05) is 55.0 Å². The molecule has 2 fully saturated rings. The molecule has 7 nitrogen and oxygen atoms in total. The lowest BCUT2D eigenvalue weighted by Crippen LogP contribution is -2.32. The third kappa shape index (κ3) is 3.34. The van der Waals surface area contributed by atoms with E-state index in [-0.39, 0.29) is 6.10 Å². The second-order valence-electron chi connectivity index (χ2n) is 5.68. The molecular weight excluding hydrogens is 268 g/mol. The molecule has 0 bridgehead atoms. The molecular formula is C14H24N6O. The molecule has 2 saturated heterocycles. The van der Waals surface area contributed by atoms with Crippen molar-refractivity contribution in [1.82, 2.24) is 15.0 Å². The van der Waals surface area contributed by atoms with Crippen molar-refractivity contribution in [3.63, 3.8) is 0 Å². The van der Waals surface area contributed by atoms with Gasteiger partial charge in [-0.3, -0.25) is 0 Å². The Kier molecular flexibility index (Phi) is 4.38. The highest BCUT2D eigenvalue weighted by Crippen LogP contribution is 2.21. The molecule has 0 spiro atoms. The summed E-state index contributed by atoms with van der Waals surface area (Å²) in [6, 6.07) is 0. The Balaban J connectivity index is 1.87. The summed E-state index contributed by atoms with van der Waals surface area (Å²) in [5.41, 5.74) is 0. The number of hydrogen-bond acceptors (Lipinski definition) is 7. The highest BCUT2D eigenvalue weighted by Gasteiger charge is 2.22. The Hall–Kier alpha value is -1.63. The zero-order valence-electron chi connectivity index (χ0n) is 12.9. The fraction of sp³-hybridized carbons (Fsp3) is 0.786. The first-order valence-electron chi connectivity index (χ1n) is 7.81. The van der Waals surface area contributed by atoms with Crippen LogP contribution in [0.2, 0.25) is 0 Å². The molecule has 1 aromatic rings. The van der Waals surface area contributed by atoms with E-state index in [1.165, 1.54) is 12.8 Å². The van der Waals surface area contributed by atoms with Crippen LogP contribution in [-0.4, -0.2) is 60.9 Å². The smallest absolute Gasteiger partial charge is 0.232 e. The Labute approximate surface area is 125 Å². The normalized spacial score (nSPS) is 23.2. The van der Waals surface area contributed by atoms with Crippen LogP contribution in [-0.2, 0) is 4.74 Å². The number of nitrogens with one attached hydrogen (secondary N) is 1. The van der Waals surface area contributed by atoms with E-state index in [1.54, 1.807) is 0 Å². The molecule has 0 saturated carbocycles. The lowest BCUT2D eigenvalue weighted by atomic mass is 10.3. The Bertz CT molecular complexity index is 477. The maximum Gasteiger partial charge on any atom is 0.232 e. The Morgan fingerprint density at radius 1 is 1.00 bits per heavy atom. The van der Waals surface area contributed by atoms with E-state index in [0.29, 0.717) is 5.95 Å². The number of aromatic nitrogens is 3. The van der Waals surface area contributed by atoms with Crippen LogP contribution in [0, 0.1) is 0 Å². The standard InChI is InChI=1S/C14H24N6O/c1-11-10-20(8-5-9-21-11)14-17-12(15-2)16-13(18-14)19-6-3-4-7-19/h11H,3-10H2,1-2H3,(H,15,16,17,18). The SMILES string of the molecule is CNc1nc(N2CCCC2)nc(N2CCCOC(C)C2)n1. The molecule has 1 aromatic heterocycles. The molecule has 116 valence electrons. The molecule has 2 aliphatic rings. The van der Waals surface area contributed by atoms with Gasteiger partial charge in [-0.05, 0) is 26.2 Å². The lowest BCUT2D eigenvalue weighted by molar-refractivity contribution is 0.0820. The summed E-state index contributed by atoms with van der Waals surface area (Å²) in [6.07, 6.45) is 3.64. The minimum Gasteiger partial charge on any atom is -0.377 e. The van der Waals surface area contributed by atoms with E-state index in [2.05, 4.69) is 32.0 Å². The Morgan fingerprint density at radius 2 is 1.67 bits per heavy atom. The monoisotopic (exact) mass is 292 g/mol. The summed E-state index contributed by atoms with van der Waals surface area (Å²) in [6.45, 7) is 6.72. The van der Waals surface area contributed by atoms with Crippen LogP contribution in [0.3, 0.4) is 0 Å². The number of hydrogen-bond donors (Lipinski definition) is 1. The number of anilines is 3. The van der Waals surface area contributed by atoms with Crippen LogP contribution in [0.25, 0.3) is 0 Å². The lowest BCUT2D eigenvalue weighted by Gasteiger charge is -2.24. The molecule has 3 rings (SSSR count). The van der Waals surface area contributed by atoms with Gasteiger partial charge in [-0.15, -0.1) is 0 Å².